The van der Waals surface area contributed by atoms with E-state index in [1.54, 1.807) is 6.33 Å². The number of anilines is 1. The fourth-order valence-corrected chi connectivity index (χ4v) is 3.18. The second kappa shape index (κ2) is 5.06. The molecule has 1 saturated heterocycles. The summed E-state index contributed by atoms with van der Waals surface area (Å²) in [5.74, 6) is 1.98. The summed E-state index contributed by atoms with van der Waals surface area (Å²) in [6.07, 6.45) is 2.70. The van der Waals surface area contributed by atoms with Gasteiger partial charge in [0, 0.05) is 50.7 Å². The first-order valence-electron chi connectivity index (χ1n) is 7.06. The van der Waals surface area contributed by atoms with Crippen LogP contribution in [0.1, 0.15) is 18.2 Å². The predicted molar refractivity (Wildman–Crippen MR) is 74.0 cm³/mol. The van der Waals surface area contributed by atoms with E-state index in [1.165, 1.54) is 11.3 Å². The van der Waals surface area contributed by atoms with Crippen LogP contribution >= 0.6 is 0 Å². The SMILES string of the molecule is C[C@@H]1CN(c2ncnc3c2CN(C)CC3)C[C@H]1CO. The van der Waals surface area contributed by atoms with E-state index >= 15 is 0 Å². The van der Waals surface area contributed by atoms with Crippen molar-refractivity contribution in [2.24, 2.45) is 11.8 Å². The number of nitrogens with zero attached hydrogens (tertiary/aromatic N) is 4. The highest BCUT2D eigenvalue weighted by Crippen LogP contribution is 2.31. The maximum Gasteiger partial charge on any atom is 0.136 e. The molecule has 0 spiro atoms. The van der Waals surface area contributed by atoms with Gasteiger partial charge in [-0.05, 0) is 13.0 Å². The Hall–Kier alpha value is -1.20. The molecule has 1 N–H and O–H groups in total. The normalized spacial score (nSPS) is 27.6. The Kier molecular flexibility index (Phi) is 3.41. The van der Waals surface area contributed by atoms with Crippen molar-refractivity contribution in [1.82, 2.24) is 14.9 Å². The fourth-order valence-electron chi connectivity index (χ4n) is 3.18. The van der Waals surface area contributed by atoms with Crippen LogP contribution in [-0.2, 0) is 13.0 Å². The molecule has 104 valence electrons. The summed E-state index contributed by atoms with van der Waals surface area (Å²) in [6, 6.07) is 0. The molecule has 0 radical (unpaired) electrons. The largest absolute Gasteiger partial charge is 0.396 e. The molecule has 0 aromatic carbocycles. The minimum absolute atomic E-state index is 0.269. The highest BCUT2D eigenvalue weighted by atomic mass is 16.3. The van der Waals surface area contributed by atoms with Gasteiger partial charge in [-0.2, -0.15) is 0 Å². The standard InChI is InChI=1S/C14H22N4O/c1-10-5-18(6-11(10)8-19)14-12-7-17(2)4-3-13(12)15-9-16-14/h9-11,19H,3-8H2,1-2H3/t10-,11+/m1/s1. The van der Waals surface area contributed by atoms with Crippen molar-refractivity contribution in [1.29, 1.82) is 0 Å². The Morgan fingerprint density at radius 3 is 2.95 bits per heavy atom. The van der Waals surface area contributed by atoms with Crippen molar-refractivity contribution in [3.63, 3.8) is 0 Å². The van der Waals surface area contributed by atoms with Crippen molar-refractivity contribution < 1.29 is 5.11 Å². The smallest absolute Gasteiger partial charge is 0.136 e. The van der Waals surface area contributed by atoms with Crippen molar-refractivity contribution in [2.75, 3.05) is 38.2 Å². The van der Waals surface area contributed by atoms with E-state index in [9.17, 15) is 5.11 Å². The summed E-state index contributed by atoms with van der Waals surface area (Å²) >= 11 is 0. The molecule has 0 aliphatic carbocycles. The fraction of sp³-hybridized carbons (Fsp3) is 0.714. The number of hydrogen-bond acceptors (Lipinski definition) is 5. The average molecular weight is 262 g/mol. The van der Waals surface area contributed by atoms with Gasteiger partial charge in [0.1, 0.15) is 12.1 Å². The van der Waals surface area contributed by atoms with Crippen LogP contribution < -0.4 is 4.90 Å². The number of likely N-dealkylation sites (N-methyl/N-ethyl adjacent to an activating group) is 1. The third kappa shape index (κ3) is 2.32. The number of hydrogen-bond donors (Lipinski definition) is 1. The van der Waals surface area contributed by atoms with Crippen LogP contribution in [0.25, 0.3) is 0 Å². The molecule has 1 aromatic heterocycles. The van der Waals surface area contributed by atoms with Crippen molar-refractivity contribution >= 4 is 5.82 Å². The van der Waals surface area contributed by atoms with Crippen molar-refractivity contribution in [3.8, 4) is 0 Å². The first kappa shape index (κ1) is 12.8. The minimum atomic E-state index is 0.269. The van der Waals surface area contributed by atoms with E-state index in [0.717, 1.165) is 38.4 Å². The number of aliphatic hydroxyl groups is 1. The zero-order valence-corrected chi connectivity index (χ0v) is 11.7. The zero-order chi connectivity index (χ0) is 13.4. The van der Waals surface area contributed by atoms with Crippen LogP contribution in [0, 0.1) is 11.8 Å². The van der Waals surface area contributed by atoms with Gasteiger partial charge in [0.2, 0.25) is 0 Å². The summed E-state index contributed by atoms with van der Waals surface area (Å²) < 4.78 is 0. The van der Waals surface area contributed by atoms with E-state index in [2.05, 4.69) is 33.7 Å². The van der Waals surface area contributed by atoms with Gasteiger partial charge in [-0.1, -0.05) is 6.92 Å². The van der Waals surface area contributed by atoms with Crippen molar-refractivity contribution in [2.45, 2.75) is 19.9 Å². The number of rotatable bonds is 2. The summed E-state index contributed by atoms with van der Waals surface area (Å²) in [6.45, 7) is 6.37. The van der Waals surface area contributed by atoms with Crippen LogP contribution in [0.5, 0.6) is 0 Å². The molecule has 1 fully saturated rings. The van der Waals surface area contributed by atoms with E-state index < -0.39 is 0 Å². The minimum Gasteiger partial charge on any atom is -0.396 e. The lowest BCUT2D eigenvalue weighted by molar-refractivity contribution is 0.212. The highest BCUT2D eigenvalue weighted by molar-refractivity contribution is 5.50. The van der Waals surface area contributed by atoms with Crippen LogP contribution in [0.2, 0.25) is 0 Å². The molecule has 5 nitrogen and oxygen atoms in total. The molecule has 3 rings (SSSR count). The van der Waals surface area contributed by atoms with Crippen LogP contribution in [0.3, 0.4) is 0 Å². The van der Waals surface area contributed by atoms with Gasteiger partial charge in [0.15, 0.2) is 0 Å². The van der Waals surface area contributed by atoms with Gasteiger partial charge >= 0.3 is 0 Å². The number of fused-ring (bicyclic) bond motifs is 1. The molecule has 2 aliphatic heterocycles. The van der Waals surface area contributed by atoms with Gasteiger partial charge in [-0.25, -0.2) is 9.97 Å². The maximum atomic E-state index is 9.41. The Morgan fingerprint density at radius 2 is 2.21 bits per heavy atom. The van der Waals surface area contributed by atoms with E-state index in [-0.39, 0.29) is 6.61 Å². The topological polar surface area (TPSA) is 52.5 Å². The average Bonchev–Trinajstić information content (AvgIpc) is 2.79. The molecule has 0 unspecified atom stereocenters. The van der Waals surface area contributed by atoms with E-state index in [4.69, 9.17) is 0 Å². The predicted octanol–water partition coefficient (Wildman–Crippen LogP) is 0.529. The quantitative estimate of drug-likeness (QED) is 0.842. The number of aromatic nitrogens is 2. The molecule has 2 aliphatic rings. The molecule has 3 heterocycles. The third-order valence-electron chi connectivity index (χ3n) is 4.47. The Balaban J connectivity index is 1.90. The monoisotopic (exact) mass is 262 g/mol. The first-order chi connectivity index (χ1) is 9.19. The van der Waals surface area contributed by atoms with Crippen molar-refractivity contribution in [3.05, 3.63) is 17.6 Å². The molecule has 2 atom stereocenters. The second-order valence-corrected chi connectivity index (χ2v) is 5.94. The van der Waals surface area contributed by atoms with E-state index in [0.29, 0.717) is 11.8 Å². The molecule has 1 aromatic rings. The maximum absolute atomic E-state index is 9.41. The molecule has 0 amide bonds. The van der Waals surface area contributed by atoms with Crippen LogP contribution in [-0.4, -0.2) is 53.3 Å². The van der Waals surface area contributed by atoms with Crippen LogP contribution in [0.4, 0.5) is 5.82 Å². The van der Waals surface area contributed by atoms with Crippen LogP contribution in [0.15, 0.2) is 6.33 Å². The molecule has 0 bridgehead atoms. The molecular weight excluding hydrogens is 240 g/mol. The third-order valence-corrected chi connectivity index (χ3v) is 4.47. The molecule has 5 heteroatoms. The lowest BCUT2D eigenvalue weighted by atomic mass is 10.00. The van der Waals surface area contributed by atoms with Gasteiger partial charge < -0.3 is 14.9 Å². The second-order valence-electron chi connectivity index (χ2n) is 5.94. The molecule has 19 heavy (non-hydrogen) atoms. The van der Waals surface area contributed by atoms with Gasteiger partial charge in [-0.3, -0.25) is 0 Å². The lowest BCUT2D eigenvalue weighted by Gasteiger charge is -2.28. The van der Waals surface area contributed by atoms with Gasteiger partial charge in [-0.15, -0.1) is 0 Å². The van der Waals surface area contributed by atoms with Gasteiger partial charge in [0.25, 0.3) is 0 Å². The number of aliphatic hydroxyl groups excluding tert-OH is 1. The summed E-state index contributed by atoms with van der Waals surface area (Å²) in [4.78, 5) is 13.6. The summed E-state index contributed by atoms with van der Waals surface area (Å²) in [5.41, 5.74) is 2.48. The molecular formula is C14H22N4O. The highest BCUT2D eigenvalue weighted by Gasteiger charge is 2.32. The molecule has 0 saturated carbocycles. The Morgan fingerprint density at radius 1 is 1.37 bits per heavy atom. The van der Waals surface area contributed by atoms with Gasteiger partial charge in [0.05, 0.1) is 5.69 Å². The first-order valence-corrected chi connectivity index (χ1v) is 7.06. The Bertz CT molecular complexity index is 465. The zero-order valence-electron chi connectivity index (χ0n) is 11.7. The summed E-state index contributed by atoms with van der Waals surface area (Å²) in [5, 5.41) is 9.41. The summed E-state index contributed by atoms with van der Waals surface area (Å²) in [7, 11) is 2.14. The van der Waals surface area contributed by atoms with E-state index in [1.807, 2.05) is 0 Å². The Labute approximate surface area is 114 Å². The lowest BCUT2D eigenvalue weighted by Crippen LogP contribution is -2.31.